The second kappa shape index (κ2) is 11.3. The first-order valence-corrected chi connectivity index (χ1v) is 13.1. The summed E-state index contributed by atoms with van der Waals surface area (Å²) in [4.78, 5) is 81.0. The molecule has 0 aromatic carbocycles. The van der Waals surface area contributed by atoms with Gasteiger partial charge >= 0.3 is 24.0 Å². The quantitative estimate of drug-likeness (QED) is 0.391. The van der Waals surface area contributed by atoms with E-state index >= 15 is 0 Å². The largest absolute Gasteiger partial charge is 0.444 e. The minimum absolute atomic E-state index is 0.241. The molecule has 0 spiro atoms. The number of carbonyl (C=O) groups excluding carboxylic acids is 5. The van der Waals surface area contributed by atoms with Gasteiger partial charge in [-0.1, -0.05) is 0 Å². The van der Waals surface area contributed by atoms with E-state index in [1.807, 2.05) is 0 Å². The highest BCUT2D eigenvalue weighted by Gasteiger charge is 2.41. The Bertz CT molecular complexity index is 1110. The van der Waals surface area contributed by atoms with Crippen molar-refractivity contribution in [2.45, 2.75) is 71.4 Å². The van der Waals surface area contributed by atoms with Crippen LogP contribution in [0.4, 0.5) is 4.79 Å². The van der Waals surface area contributed by atoms with Crippen molar-refractivity contribution in [1.82, 2.24) is 14.9 Å². The van der Waals surface area contributed by atoms with Gasteiger partial charge in [0.15, 0.2) is 0 Å². The number of hydroxylamine groups is 2. The van der Waals surface area contributed by atoms with Crippen molar-refractivity contribution in [1.29, 1.82) is 0 Å². The van der Waals surface area contributed by atoms with Crippen LogP contribution in [0, 0.1) is 0 Å². The summed E-state index contributed by atoms with van der Waals surface area (Å²) in [5.74, 6) is -3.45. The molecule has 13 nitrogen and oxygen atoms in total. The van der Waals surface area contributed by atoms with E-state index in [9.17, 15) is 24.0 Å². The van der Waals surface area contributed by atoms with Crippen molar-refractivity contribution in [3.05, 3.63) is 21.4 Å². The lowest BCUT2D eigenvalue weighted by molar-refractivity contribution is -0.273. The highest BCUT2D eigenvalue weighted by Crippen LogP contribution is 2.31. The second-order valence-corrected chi connectivity index (χ2v) is 11.3. The van der Waals surface area contributed by atoms with Crippen molar-refractivity contribution in [3.8, 4) is 0 Å². The zero-order valence-corrected chi connectivity index (χ0v) is 22.5. The van der Waals surface area contributed by atoms with Gasteiger partial charge in [-0.25, -0.2) is 29.0 Å². The molecule has 4 aliphatic heterocycles. The van der Waals surface area contributed by atoms with Crippen molar-refractivity contribution < 1.29 is 48.1 Å². The molecule has 0 saturated carbocycles. The molecule has 1 aromatic heterocycles. The lowest BCUT2D eigenvalue weighted by Crippen LogP contribution is -2.54. The maximum atomic E-state index is 13.7. The van der Waals surface area contributed by atoms with Gasteiger partial charge in [0.25, 0.3) is 5.91 Å². The van der Waals surface area contributed by atoms with E-state index in [0.29, 0.717) is 38.9 Å². The van der Waals surface area contributed by atoms with E-state index in [1.165, 1.54) is 16.4 Å². The van der Waals surface area contributed by atoms with Gasteiger partial charge in [-0.05, 0) is 51.7 Å². The summed E-state index contributed by atoms with van der Waals surface area (Å²) in [5.41, 5.74) is 0.126. The van der Waals surface area contributed by atoms with Gasteiger partial charge in [-0.2, -0.15) is 0 Å². The fourth-order valence-electron chi connectivity index (χ4n) is 4.27. The Morgan fingerprint density at radius 3 is 2.42 bits per heavy atom. The summed E-state index contributed by atoms with van der Waals surface area (Å²) in [5, 5.41) is 1.50. The first kappa shape index (κ1) is 27.8. The lowest BCUT2D eigenvalue weighted by atomic mass is 10.1. The molecule has 4 aliphatic rings. The number of piperidine rings is 1. The van der Waals surface area contributed by atoms with Crippen LogP contribution in [0.1, 0.15) is 60.6 Å². The minimum atomic E-state index is -1.65. The maximum Gasteiger partial charge on any atom is 0.410 e. The summed E-state index contributed by atoms with van der Waals surface area (Å²) in [6.45, 7) is 7.29. The van der Waals surface area contributed by atoms with Gasteiger partial charge in [0.1, 0.15) is 12.1 Å². The molecule has 1 unspecified atom stereocenters. The lowest BCUT2D eigenvalue weighted by Gasteiger charge is -2.37. The molecule has 5 rings (SSSR count). The normalized spacial score (nSPS) is 23.7. The van der Waals surface area contributed by atoms with Gasteiger partial charge < -0.3 is 19.2 Å². The molecule has 1 atom stereocenters. The van der Waals surface area contributed by atoms with Crippen LogP contribution < -0.4 is 0 Å². The van der Waals surface area contributed by atoms with Crippen molar-refractivity contribution in [2.24, 2.45) is 0 Å². The molecule has 208 valence electrons. The molecule has 1 aromatic rings. The van der Waals surface area contributed by atoms with E-state index in [0.717, 1.165) is 22.3 Å². The van der Waals surface area contributed by atoms with E-state index < -0.39 is 54.4 Å². The Hall–Kier alpha value is -3.23. The Labute approximate surface area is 223 Å². The number of hydrogen-bond acceptors (Lipinski definition) is 12. The third-order valence-corrected chi connectivity index (χ3v) is 7.19. The summed E-state index contributed by atoms with van der Waals surface area (Å²) < 4.78 is 11.4. The first-order chi connectivity index (χ1) is 17.9. The van der Waals surface area contributed by atoms with Crippen LogP contribution in [-0.4, -0.2) is 88.9 Å². The molecular formula is C24H31N3O10S. The van der Waals surface area contributed by atoms with Crippen molar-refractivity contribution in [2.75, 3.05) is 26.2 Å². The van der Waals surface area contributed by atoms with Crippen LogP contribution >= 0.6 is 11.3 Å². The van der Waals surface area contributed by atoms with Crippen LogP contribution in [0.3, 0.4) is 0 Å². The predicted octanol–water partition coefficient (Wildman–Crippen LogP) is 1.78. The minimum Gasteiger partial charge on any atom is -0.444 e. The van der Waals surface area contributed by atoms with Crippen LogP contribution in [0.15, 0.2) is 6.07 Å². The number of hydrogen-bond donors (Lipinski definition) is 0. The topological polar surface area (TPSA) is 141 Å². The third-order valence-electron chi connectivity index (χ3n) is 5.97. The SMILES string of the molecule is CC(=O)OOC(=O)C1OC2CCN(CC2)OC(=O)CN1C(=O)c1cc2c(s1)CCN(C(=O)OC(C)(C)C)C2. The Morgan fingerprint density at radius 1 is 1.05 bits per heavy atom. The average Bonchev–Trinajstić information content (AvgIpc) is 3.28. The zero-order chi connectivity index (χ0) is 27.6. The molecule has 2 amide bonds. The number of thiophene rings is 1. The highest BCUT2D eigenvalue weighted by molar-refractivity contribution is 7.14. The number of carbonyl (C=O) groups is 5. The van der Waals surface area contributed by atoms with Gasteiger partial charge in [0, 0.05) is 31.4 Å². The molecular weight excluding hydrogens is 522 g/mol. The van der Waals surface area contributed by atoms with E-state index in [1.54, 1.807) is 31.7 Å². The van der Waals surface area contributed by atoms with Crippen LogP contribution in [0.2, 0.25) is 0 Å². The average molecular weight is 554 g/mol. The van der Waals surface area contributed by atoms with Gasteiger partial charge in [0.05, 0.1) is 17.5 Å². The fourth-order valence-corrected chi connectivity index (χ4v) is 5.39. The van der Waals surface area contributed by atoms with Crippen LogP contribution in [-0.2, 0) is 51.4 Å². The predicted molar refractivity (Wildman–Crippen MR) is 129 cm³/mol. The van der Waals surface area contributed by atoms with E-state index in [4.69, 9.17) is 14.3 Å². The molecule has 3 fully saturated rings. The molecule has 2 bridgehead atoms. The number of amides is 2. The monoisotopic (exact) mass is 553 g/mol. The summed E-state index contributed by atoms with van der Waals surface area (Å²) in [6.07, 6.45) is -1.12. The summed E-state index contributed by atoms with van der Waals surface area (Å²) >= 11 is 1.21. The molecule has 5 heterocycles. The van der Waals surface area contributed by atoms with Crippen LogP contribution in [0.25, 0.3) is 0 Å². The van der Waals surface area contributed by atoms with Crippen molar-refractivity contribution >= 4 is 41.2 Å². The molecule has 0 N–H and O–H groups in total. The molecule has 3 saturated heterocycles. The Kier molecular flexibility index (Phi) is 8.23. The van der Waals surface area contributed by atoms with Gasteiger partial charge in [-0.15, -0.1) is 16.4 Å². The number of fused-ring (bicyclic) bond motifs is 8. The highest BCUT2D eigenvalue weighted by atomic mass is 32.1. The van der Waals surface area contributed by atoms with Crippen LogP contribution in [0.5, 0.6) is 0 Å². The number of nitrogens with zero attached hydrogens (tertiary/aromatic N) is 3. The maximum absolute atomic E-state index is 13.7. The third kappa shape index (κ3) is 6.79. The van der Waals surface area contributed by atoms with E-state index in [-0.39, 0.29) is 11.4 Å². The summed E-state index contributed by atoms with van der Waals surface area (Å²) in [6, 6.07) is 1.63. The van der Waals surface area contributed by atoms with Gasteiger partial charge in [0.2, 0.25) is 6.23 Å². The second-order valence-electron chi connectivity index (χ2n) is 10.2. The summed E-state index contributed by atoms with van der Waals surface area (Å²) in [7, 11) is 0. The van der Waals surface area contributed by atoms with Gasteiger partial charge in [-0.3, -0.25) is 9.69 Å². The first-order valence-electron chi connectivity index (χ1n) is 12.3. The molecule has 14 heteroatoms. The fraction of sp³-hybridized carbons (Fsp3) is 0.625. The number of rotatable bonds is 2. The number of ether oxygens (including phenoxy) is 2. The standard InChI is InChI=1S/C24H31N3O10S/c1-14(28)36-37-22(31)21-27(13-19(29)35-26-9-5-16(33-21)6-10-26)20(30)18-11-15-12-25(8-7-17(15)38-18)23(32)34-24(2,3)4/h11,16,21H,5-10,12-13H2,1-4H3. The molecule has 38 heavy (non-hydrogen) atoms. The van der Waals surface area contributed by atoms with Crippen molar-refractivity contribution in [3.63, 3.8) is 0 Å². The smallest absolute Gasteiger partial charge is 0.410 e. The molecule has 0 radical (unpaired) electrons. The Morgan fingerprint density at radius 2 is 1.76 bits per heavy atom. The van der Waals surface area contributed by atoms with E-state index in [2.05, 4.69) is 9.78 Å². The Balaban J connectivity index is 1.58. The molecule has 0 aliphatic carbocycles. The zero-order valence-electron chi connectivity index (χ0n) is 21.7.